The van der Waals surface area contributed by atoms with Gasteiger partial charge < -0.3 is 9.64 Å². The zero-order valence-corrected chi connectivity index (χ0v) is 8.74. The van der Waals surface area contributed by atoms with Gasteiger partial charge >= 0.3 is 0 Å². The molecule has 1 saturated heterocycles. The number of ether oxygens (including phenoxy) is 1. The molecule has 1 atom stereocenters. The number of likely N-dealkylation sites (tertiary alicyclic amines) is 1. The van der Waals surface area contributed by atoms with Crippen molar-refractivity contribution in [1.29, 1.82) is 0 Å². The predicted molar refractivity (Wildman–Crippen MR) is 53.6 cm³/mol. The summed E-state index contributed by atoms with van der Waals surface area (Å²) < 4.78 is 5.68. The first-order chi connectivity index (χ1) is 6.74. The van der Waals surface area contributed by atoms with Crippen LogP contribution >= 0.6 is 11.6 Å². The van der Waals surface area contributed by atoms with Crippen LogP contribution in [0.25, 0.3) is 0 Å². The summed E-state index contributed by atoms with van der Waals surface area (Å²) in [4.78, 5) is 9.95. The van der Waals surface area contributed by atoms with Gasteiger partial charge in [-0.05, 0) is 25.1 Å². The Hall–Kier alpha value is -0.870. The average Bonchev–Trinajstić information content (AvgIpc) is 2.56. The molecule has 14 heavy (non-hydrogen) atoms. The van der Waals surface area contributed by atoms with Crippen molar-refractivity contribution < 1.29 is 4.74 Å². The Balaban J connectivity index is 1.94. The van der Waals surface area contributed by atoms with Crippen molar-refractivity contribution in [3.8, 4) is 5.75 Å². The van der Waals surface area contributed by atoms with Gasteiger partial charge in [-0.25, -0.2) is 9.97 Å². The summed E-state index contributed by atoms with van der Waals surface area (Å²) in [6.45, 7) is 2.04. The minimum atomic E-state index is 0.251. The molecule has 0 radical (unpaired) electrons. The molecule has 0 aromatic carbocycles. The molecule has 1 aliphatic heterocycles. The van der Waals surface area contributed by atoms with Gasteiger partial charge in [-0.3, -0.25) is 0 Å². The SMILES string of the molecule is CN1CC[C@H](Oc2cnc(Cl)nc2)C1. The Labute approximate surface area is 87.9 Å². The van der Waals surface area contributed by atoms with Crippen molar-refractivity contribution in [3.63, 3.8) is 0 Å². The number of hydrogen-bond donors (Lipinski definition) is 0. The van der Waals surface area contributed by atoms with Crippen molar-refractivity contribution in [3.05, 3.63) is 17.7 Å². The molecule has 0 N–H and O–H groups in total. The zero-order valence-electron chi connectivity index (χ0n) is 7.98. The number of aromatic nitrogens is 2. The lowest BCUT2D eigenvalue weighted by Gasteiger charge is -2.12. The molecule has 1 fully saturated rings. The lowest BCUT2D eigenvalue weighted by atomic mass is 10.3. The first-order valence-electron chi connectivity index (χ1n) is 4.57. The third-order valence-electron chi connectivity index (χ3n) is 2.25. The maximum atomic E-state index is 5.68. The standard InChI is InChI=1S/C9H12ClN3O/c1-13-3-2-7(6-13)14-8-4-11-9(10)12-5-8/h4-5,7H,2-3,6H2,1H3/t7-/m0/s1. The van der Waals surface area contributed by atoms with Gasteiger partial charge in [0.25, 0.3) is 0 Å². The molecule has 1 aromatic rings. The Morgan fingerprint density at radius 2 is 2.21 bits per heavy atom. The Morgan fingerprint density at radius 1 is 1.50 bits per heavy atom. The van der Waals surface area contributed by atoms with Gasteiger partial charge in [0.05, 0.1) is 12.4 Å². The molecule has 1 aliphatic rings. The monoisotopic (exact) mass is 213 g/mol. The Bertz CT molecular complexity index is 303. The number of hydrogen-bond acceptors (Lipinski definition) is 4. The number of nitrogens with zero attached hydrogens (tertiary/aromatic N) is 3. The Morgan fingerprint density at radius 3 is 2.79 bits per heavy atom. The van der Waals surface area contributed by atoms with Crippen LogP contribution < -0.4 is 4.74 Å². The van der Waals surface area contributed by atoms with Crippen molar-refractivity contribution in [2.24, 2.45) is 0 Å². The average molecular weight is 214 g/mol. The fourth-order valence-corrected chi connectivity index (χ4v) is 1.64. The van der Waals surface area contributed by atoms with Gasteiger partial charge in [0, 0.05) is 13.1 Å². The minimum Gasteiger partial charge on any atom is -0.486 e. The van der Waals surface area contributed by atoms with Crippen molar-refractivity contribution in [2.45, 2.75) is 12.5 Å². The number of likely N-dealkylation sites (N-methyl/N-ethyl adjacent to an activating group) is 1. The largest absolute Gasteiger partial charge is 0.486 e. The van der Waals surface area contributed by atoms with E-state index < -0.39 is 0 Å². The summed E-state index contributed by atoms with van der Waals surface area (Å²) in [5.41, 5.74) is 0. The molecule has 2 heterocycles. The second-order valence-electron chi connectivity index (χ2n) is 3.48. The van der Waals surface area contributed by atoms with Crippen LogP contribution in [-0.4, -0.2) is 41.1 Å². The lowest BCUT2D eigenvalue weighted by Crippen LogP contribution is -2.21. The smallest absolute Gasteiger partial charge is 0.222 e. The van der Waals surface area contributed by atoms with Crippen LogP contribution in [0.3, 0.4) is 0 Å². The summed E-state index contributed by atoms with van der Waals surface area (Å²) in [5.74, 6) is 0.690. The van der Waals surface area contributed by atoms with Crippen molar-refractivity contribution >= 4 is 11.6 Å². The second-order valence-corrected chi connectivity index (χ2v) is 3.82. The summed E-state index contributed by atoms with van der Waals surface area (Å²) in [5, 5.41) is 0.251. The quantitative estimate of drug-likeness (QED) is 0.693. The van der Waals surface area contributed by atoms with E-state index in [2.05, 4.69) is 21.9 Å². The molecule has 0 saturated carbocycles. The van der Waals surface area contributed by atoms with E-state index in [0.29, 0.717) is 5.75 Å². The van der Waals surface area contributed by atoms with Gasteiger partial charge in [-0.2, -0.15) is 0 Å². The fourth-order valence-electron chi connectivity index (χ4n) is 1.54. The van der Waals surface area contributed by atoms with Gasteiger partial charge in [0.2, 0.25) is 5.28 Å². The highest BCUT2D eigenvalue weighted by Gasteiger charge is 2.20. The molecule has 0 unspecified atom stereocenters. The topological polar surface area (TPSA) is 38.2 Å². The molecular formula is C9H12ClN3O. The number of halogens is 1. The highest BCUT2D eigenvalue weighted by Crippen LogP contribution is 2.16. The van der Waals surface area contributed by atoms with Crippen LogP contribution in [0, 0.1) is 0 Å². The first-order valence-corrected chi connectivity index (χ1v) is 4.94. The van der Waals surface area contributed by atoms with E-state index in [0.717, 1.165) is 19.5 Å². The maximum Gasteiger partial charge on any atom is 0.222 e. The lowest BCUT2D eigenvalue weighted by molar-refractivity contribution is 0.206. The molecule has 4 nitrogen and oxygen atoms in total. The van der Waals surface area contributed by atoms with Gasteiger partial charge in [-0.15, -0.1) is 0 Å². The molecule has 1 aromatic heterocycles. The molecule has 0 amide bonds. The highest BCUT2D eigenvalue weighted by molar-refractivity contribution is 6.28. The molecule has 5 heteroatoms. The van der Waals surface area contributed by atoms with Crippen LogP contribution in [0.2, 0.25) is 5.28 Å². The van der Waals surface area contributed by atoms with Crippen LogP contribution in [0.5, 0.6) is 5.75 Å². The van der Waals surface area contributed by atoms with E-state index in [4.69, 9.17) is 16.3 Å². The summed E-state index contributed by atoms with van der Waals surface area (Å²) >= 11 is 5.57. The normalized spacial score (nSPS) is 22.6. The Kier molecular flexibility index (Phi) is 2.84. The summed E-state index contributed by atoms with van der Waals surface area (Å²) in [7, 11) is 2.09. The number of rotatable bonds is 2. The second kappa shape index (κ2) is 4.11. The van der Waals surface area contributed by atoms with Crippen molar-refractivity contribution in [1.82, 2.24) is 14.9 Å². The van der Waals surface area contributed by atoms with Crippen LogP contribution in [0.15, 0.2) is 12.4 Å². The van der Waals surface area contributed by atoms with E-state index in [9.17, 15) is 0 Å². The fraction of sp³-hybridized carbons (Fsp3) is 0.556. The van der Waals surface area contributed by atoms with Crippen LogP contribution in [0.1, 0.15) is 6.42 Å². The van der Waals surface area contributed by atoms with E-state index in [1.54, 1.807) is 12.4 Å². The van der Waals surface area contributed by atoms with Crippen LogP contribution in [-0.2, 0) is 0 Å². The van der Waals surface area contributed by atoms with E-state index in [1.165, 1.54) is 0 Å². The van der Waals surface area contributed by atoms with E-state index in [1.807, 2.05) is 0 Å². The molecule has 76 valence electrons. The minimum absolute atomic E-state index is 0.251. The van der Waals surface area contributed by atoms with Gasteiger partial charge in [0.15, 0.2) is 5.75 Å². The first kappa shape index (κ1) is 9.68. The van der Waals surface area contributed by atoms with Crippen LogP contribution in [0.4, 0.5) is 0 Å². The maximum absolute atomic E-state index is 5.68. The zero-order chi connectivity index (χ0) is 9.97. The molecule has 0 aliphatic carbocycles. The van der Waals surface area contributed by atoms with Gasteiger partial charge in [0.1, 0.15) is 6.10 Å². The van der Waals surface area contributed by atoms with Gasteiger partial charge in [-0.1, -0.05) is 0 Å². The third kappa shape index (κ3) is 2.33. The summed E-state index contributed by atoms with van der Waals surface area (Å²) in [6.07, 6.45) is 4.52. The van der Waals surface area contributed by atoms with E-state index >= 15 is 0 Å². The molecular weight excluding hydrogens is 202 g/mol. The highest BCUT2D eigenvalue weighted by atomic mass is 35.5. The molecule has 2 rings (SSSR count). The molecule has 0 spiro atoms. The third-order valence-corrected chi connectivity index (χ3v) is 2.44. The predicted octanol–water partition coefficient (Wildman–Crippen LogP) is 1.21. The van der Waals surface area contributed by atoms with Crippen molar-refractivity contribution in [2.75, 3.05) is 20.1 Å². The summed E-state index contributed by atoms with van der Waals surface area (Å²) in [6, 6.07) is 0. The molecule has 0 bridgehead atoms. The van der Waals surface area contributed by atoms with E-state index in [-0.39, 0.29) is 11.4 Å².